The quantitative estimate of drug-likeness (QED) is 0.835. The molecule has 0 aliphatic carbocycles. The SMILES string of the molecule is CCNC(CCN1CC(C)CC1C)c1ccc(Br)cc1. The van der Waals surface area contributed by atoms with Gasteiger partial charge in [-0.25, -0.2) is 0 Å². The Morgan fingerprint density at radius 3 is 2.55 bits per heavy atom. The van der Waals surface area contributed by atoms with E-state index in [4.69, 9.17) is 0 Å². The van der Waals surface area contributed by atoms with Gasteiger partial charge in [0.05, 0.1) is 0 Å². The molecule has 2 rings (SSSR count). The third-order valence-electron chi connectivity index (χ3n) is 4.34. The standard InChI is InChI=1S/C17H27BrN2/c1-4-19-17(15-5-7-16(18)8-6-15)9-10-20-12-13(2)11-14(20)3/h5-8,13-14,17,19H,4,9-12H2,1-3H3. The maximum atomic E-state index is 3.63. The summed E-state index contributed by atoms with van der Waals surface area (Å²) in [6.45, 7) is 10.4. The lowest BCUT2D eigenvalue weighted by Crippen LogP contribution is -2.32. The molecule has 112 valence electrons. The highest BCUT2D eigenvalue weighted by atomic mass is 79.9. The summed E-state index contributed by atoms with van der Waals surface area (Å²) in [7, 11) is 0. The Labute approximate surface area is 132 Å². The molecule has 1 heterocycles. The maximum Gasteiger partial charge on any atom is 0.0332 e. The number of nitrogens with one attached hydrogen (secondary N) is 1. The summed E-state index contributed by atoms with van der Waals surface area (Å²) >= 11 is 3.51. The van der Waals surface area contributed by atoms with Crippen molar-refractivity contribution in [3.63, 3.8) is 0 Å². The average molecular weight is 339 g/mol. The Balaban J connectivity index is 1.94. The van der Waals surface area contributed by atoms with Gasteiger partial charge >= 0.3 is 0 Å². The fraction of sp³-hybridized carbons (Fsp3) is 0.647. The van der Waals surface area contributed by atoms with Crippen LogP contribution in [0.2, 0.25) is 0 Å². The Bertz CT molecular complexity index is 404. The molecule has 1 aromatic carbocycles. The van der Waals surface area contributed by atoms with Gasteiger partial charge in [0.1, 0.15) is 0 Å². The Hall–Kier alpha value is -0.380. The molecule has 3 heteroatoms. The van der Waals surface area contributed by atoms with Crippen LogP contribution in [0.15, 0.2) is 28.7 Å². The second-order valence-electron chi connectivity index (χ2n) is 6.14. The number of nitrogens with zero attached hydrogens (tertiary/aromatic N) is 1. The second kappa shape index (κ2) is 7.58. The highest BCUT2D eigenvalue weighted by molar-refractivity contribution is 9.10. The van der Waals surface area contributed by atoms with Crippen LogP contribution in [0.5, 0.6) is 0 Å². The van der Waals surface area contributed by atoms with Crippen molar-refractivity contribution in [2.24, 2.45) is 5.92 Å². The topological polar surface area (TPSA) is 15.3 Å². The lowest BCUT2D eigenvalue weighted by Gasteiger charge is -2.25. The monoisotopic (exact) mass is 338 g/mol. The summed E-state index contributed by atoms with van der Waals surface area (Å²) in [4.78, 5) is 2.65. The van der Waals surface area contributed by atoms with Gasteiger partial charge < -0.3 is 10.2 Å². The van der Waals surface area contributed by atoms with Crippen LogP contribution < -0.4 is 5.32 Å². The van der Waals surface area contributed by atoms with Gasteiger partial charge in [0.25, 0.3) is 0 Å². The van der Waals surface area contributed by atoms with Gasteiger partial charge in [-0.05, 0) is 49.9 Å². The zero-order valence-electron chi connectivity index (χ0n) is 12.9. The zero-order chi connectivity index (χ0) is 14.5. The largest absolute Gasteiger partial charge is 0.310 e. The summed E-state index contributed by atoms with van der Waals surface area (Å²) in [5, 5.41) is 3.63. The van der Waals surface area contributed by atoms with Crippen LogP contribution in [0.4, 0.5) is 0 Å². The highest BCUT2D eigenvalue weighted by Gasteiger charge is 2.26. The van der Waals surface area contributed by atoms with E-state index in [1.807, 2.05) is 0 Å². The molecule has 0 bridgehead atoms. The lowest BCUT2D eigenvalue weighted by molar-refractivity contribution is 0.249. The number of likely N-dealkylation sites (tertiary alicyclic amines) is 1. The van der Waals surface area contributed by atoms with Gasteiger partial charge in [-0.2, -0.15) is 0 Å². The van der Waals surface area contributed by atoms with Crippen molar-refractivity contribution in [2.45, 2.75) is 45.7 Å². The molecule has 3 unspecified atom stereocenters. The van der Waals surface area contributed by atoms with Crippen LogP contribution in [0.25, 0.3) is 0 Å². The maximum absolute atomic E-state index is 3.63. The van der Waals surface area contributed by atoms with E-state index in [-0.39, 0.29) is 0 Å². The number of hydrogen-bond donors (Lipinski definition) is 1. The van der Waals surface area contributed by atoms with Crippen LogP contribution in [0.3, 0.4) is 0 Å². The van der Waals surface area contributed by atoms with Crippen LogP contribution in [-0.4, -0.2) is 30.6 Å². The summed E-state index contributed by atoms with van der Waals surface area (Å²) in [5.41, 5.74) is 1.40. The first kappa shape index (κ1) is 16.0. The van der Waals surface area contributed by atoms with Crippen molar-refractivity contribution < 1.29 is 0 Å². The number of hydrogen-bond acceptors (Lipinski definition) is 2. The number of halogens is 1. The predicted octanol–water partition coefficient (Wildman–Crippen LogP) is 4.22. The number of rotatable bonds is 6. The van der Waals surface area contributed by atoms with E-state index < -0.39 is 0 Å². The molecule has 20 heavy (non-hydrogen) atoms. The van der Waals surface area contributed by atoms with Gasteiger partial charge in [0, 0.05) is 29.6 Å². The molecule has 0 aromatic heterocycles. The molecule has 1 N–H and O–H groups in total. The zero-order valence-corrected chi connectivity index (χ0v) is 14.5. The molecule has 1 aromatic rings. The summed E-state index contributed by atoms with van der Waals surface area (Å²) < 4.78 is 1.15. The van der Waals surface area contributed by atoms with E-state index in [0.717, 1.165) is 23.0 Å². The molecule has 0 saturated carbocycles. The molecule has 0 spiro atoms. The molecule has 1 saturated heterocycles. The van der Waals surface area contributed by atoms with Crippen molar-refractivity contribution in [1.82, 2.24) is 10.2 Å². The van der Waals surface area contributed by atoms with Crippen LogP contribution in [0, 0.1) is 5.92 Å². The first-order valence-electron chi connectivity index (χ1n) is 7.83. The van der Waals surface area contributed by atoms with Crippen molar-refractivity contribution in [1.29, 1.82) is 0 Å². The van der Waals surface area contributed by atoms with Gasteiger partial charge in [-0.1, -0.05) is 41.9 Å². The van der Waals surface area contributed by atoms with E-state index in [0.29, 0.717) is 6.04 Å². The van der Waals surface area contributed by atoms with Crippen molar-refractivity contribution >= 4 is 15.9 Å². The third kappa shape index (κ3) is 4.31. The second-order valence-corrected chi connectivity index (χ2v) is 7.05. The smallest absolute Gasteiger partial charge is 0.0332 e. The molecule has 0 radical (unpaired) electrons. The lowest BCUT2D eigenvalue weighted by atomic mass is 10.0. The summed E-state index contributed by atoms with van der Waals surface area (Å²) in [6, 6.07) is 9.95. The molecular formula is C17H27BrN2. The average Bonchev–Trinajstić information content (AvgIpc) is 2.74. The van der Waals surface area contributed by atoms with Crippen molar-refractivity contribution in [3.8, 4) is 0 Å². The predicted molar refractivity (Wildman–Crippen MR) is 90.0 cm³/mol. The molecule has 2 nitrogen and oxygen atoms in total. The van der Waals surface area contributed by atoms with Crippen LogP contribution >= 0.6 is 15.9 Å². The molecule has 1 aliphatic rings. The third-order valence-corrected chi connectivity index (χ3v) is 4.87. The Morgan fingerprint density at radius 2 is 2.00 bits per heavy atom. The van der Waals surface area contributed by atoms with Gasteiger partial charge in [0.2, 0.25) is 0 Å². The molecule has 1 fully saturated rings. The minimum Gasteiger partial charge on any atom is -0.310 e. The Kier molecular flexibility index (Phi) is 6.06. The minimum atomic E-state index is 0.469. The molecule has 1 aliphatic heterocycles. The summed E-state index contributed by atoms with van der Waals surface area (Å²) in [5.74, 6) is 0.857. The summed E-state index contributed by atoms with van der Waals surface area (Å²) in [6.07, 6.45) is 2.54. The van der Waals surface area contributed by atoms with Gasteiger partial charge in [0.15, 0.2) is 0 Å². The van der Waals surface area contributed by atoms with E-state index in [9.17, 15) is 0 Å². The Morgan fingerprint density at radius 1 is 1.30 bits per heavy atom. The molecule has 3 atom stereocenters. The van der Waals surface area contributed by atoms with Crippen molar-refractivity contribution in [2.75, 3.05) is 19.6 Å². The van der Waals surface area contributed by atoms with Gasteiger partial charge in [-0.3, -0.25) is 0 Å². The van der Waals surface area contributed by atoms with Crippen molar-refractivity contribution in [3.05, 3.63) is 34.3 Å². The first-order valence-corrected chi connectivity index (χ1v) is 8.62. The van der Waals surface area contributed by atoms with E-state index >= 15 is 0 Å². The minimum absolute atomic E-state index is 0.469. The number of benzene rings is 1. The fourth-order valence-electron chi connectivity index (χ4n) is 3.32. The highest BCUT2D eigenvalue weighted by Crippen LogP contribution is 2.25. The van der Waals surface area contributed by atoms with Gasteiger partial charge in [-0.15, -0.1) is 0 Å². The van der Waals surface area contributed by atoms with Crippen LogP contribution in [0.1, 0.15) is 45.2 Å². The molecular weight excluding hydrogens is 312 g/mol. The fourth-order valence-corrected chi connectivity index (χ4v) is 3.59. The molecule has 0 amide bonds. The van der Waals surface area contributed by atoms with E-state index in [1.54, 1.807) is 0 Å². The van der Waals surface area contributed by atoms with Crippen LogP contribution in [-0.2, 0) is 0 Å². The van der Waals surface area contributed by atoms with E-state index in [1.165, 1.54) is 31.5 Å². The van der Waals surface area contributed by atoms with E-state index in [2.05, 4.69) is 71.2 Å². The first-order chi connectivity index (χ1) is 9.60. The normalized spacial score (nSPS) is 25.0.